The lowest BCUT2D eigenvalue weighted by Gasteiger charge is -2.32. The van der Waals surface area contributed by atoms with Crippen molar-refractivity contribution in [2.45, 2.75) is 35.9 Å². The Kier molecular flexibility index (Phi) is 7.54. The number of amides is 1. The Balaban J connectivity index is 0.00000225. The lowest BCUT2D eigenvalue weighted by molar-refractivity contribution is -0.131. The van der Waals surface area contributed by atoms with Gasteiger partial charge in [-0.2, -0.15) is 0 Å². The Bertz CT molecular complexity index is 684. The highest BCUT2D eigenvalue weighted by Gasteiger charge is 2.26. The molecule has 1 aromatic heterocycles. The molecule has 1 aliphatic carbocycles. The van der Waals surface area contributed by atoms with Crippen LogP contribution in [0, 0.1) is 5.92 Å². The molecule has 0 bridgehead atoms. The van der Waals surface area contributed by atoms with Crippen LogP contribution in [-0.2, 0) is 14.8 Å². The number of piperidine rings is 1. The van der Waals surface area contributed by atoms with Crippen LogP contribution in [0.1, 0.15) is 25.7 Å². The fraction of sp³-hybridized carbons (Fsp3) is 0.667. The highest BCUT2D eigenvalue weighted by molar-refractivity contribution is 7.91. The van der Waals surface area contributed by atoms with Gasteiger partial charge < -0.3 is 10.2 Å². The predicted molar refractivity (Wildman–Crippen MR) is 102 cm³/mol. The standard InChI is InChI=1S/C15H22ClN3O3S2.ClH/c16-13-3-4-15(23-13)24(21,22)18-10-14(20)19-7-5-12(6-8-19)17-9-11-1-2-11;/h3-4,11-12,17-18H,1-2,5-10H2;1H. The molecule has 25 heavy (non-hydrogen) atoms. The zero-order chi connectivity index (χ0) is 17.2. The summed E-state index contributed by atoms with van der Waals surface area (Å²) in [4.78, 5) is 14.0. The van der Waals surface area contributed by atoms with Crippen LogP contribution in [-0.4, -0.2) is 51.4 Å². The van der Waals surface area contributed by atoms with Gasteiger partial charge in [-0.15, -0.1) is 23.7 Å². The summed E-state index contributed by atoms with van der Waals surface area (Å²) in [6.45, 7) is 2.22. The molecule has 2 aliphatic rings. The second-order valence-corrected chi connectivity index (χ2v) is 10.1. The molecule has 1 aromatic rings. The third kappa shape index (κ3) is 6.08. The largest absolute Gasteiger partial charge is 0.341 e. The number of nitrogens with one attached hydrogen (secondary N) is 2. The van der Waals surface area contributed by atoms with E-state index in [9.17, 15) is 13.2 Å². The lowest BCUT2D eigenvalue weighted by Crippen LogP contribution is -2.48. The van der Waals surface area contributed by atoms with Crippen molar-refractivity contribution in [2.24, 2.45) is 5.92 Å². The van der Waals surface area contributed by atoms with Gasteiger partial charge in [-0.05, 0) is 50.3 Å². The summed E-state index contributed by atoms with van der Waals surface area (Å²) >= 11 is 6.74. The van der Waals surface area contributed by atoms with Gasteiger partial charge in [-0.1, -0.05) is 11.6 Å². The van der Waals surface area contributed by atoms with E-state index in [1.165, 1.54) is 25.0 Å². The zero-order valence-corrected chi connectivity index (χ0v) is 16.9. The third-order valence-corrected chi connectivity index (χ3v) is 7.59. The molecule has 1 aliphatic heterocycles. The summed E-state index contributed by atoms with van der Waals surface area (Å²) in [6.07, 6.45) is 4.51. The average molecular weight is 428 g/mol. The molecule has 0 unspecified atom stereocenters. The smallest absolute Gasteiger partial charge is 0.250 e. The summed E-state index contributed by atoms with van der Waals surface area (Å²) in [5.74, 6) is 0.673. The van der Waals surface area contributed by atoms with E-state index in [0.29, 0.717) is 23.5 Å². The molecule has 2 heterocycles. The predicted octanol–water partition coefficient (Wildman–Crippen LogP) is 2.09. The van der Waals surface area contributed by atoms with Crippen LogP contribution in [0.5, 0.6) is 0 Å². The SMILES string of the molecule is Cl.O=C(CNS(=O)(=O)c1ccc(Cl)s1)N1CCC(NCC2CC2)CC1. The number of sulfonamides is 1. The van der Waals surface area contributed by atoms with E-state index in [1.54, 1.807) is 4.90 Å². The maximum Gasteiger partial charge on any atom is 0.250 e. The zero-order valence-electron chi connectivity index (χ0n) is 13.7. The van der Waals surface area contributed by atoms with Crippen molar-refractivity contribution in [3.05, 3.63) is 16.5 Å². The van der Waals surface area contributed by atoms with Gasteiger partial charge in [0.05, 0.1) is 10.9 Å². The summed E-state index contributed by atoms with van der Waals surface area (Å²) in [5.41, 5.74) is 0. The number of rotatable bonds is 7. The highest BCUT2D eigenvalue weighted by Crippen LogP contribution is 2.28. The average Bonchev–Trinajstić information content (AvgIpc) is 3.30. The van der Waals surface area contributed by atoms with Crippen LogP contribution in [0.15, 0.2) is 16.3 Å². The molecule has 10 heteroatoms. The molecule has 0 atom stereocenters. The first kappa shape index (κ1) is 20.9. The molecule has 6 nitrogen and oxygen atoms in total. The topological polar surface area (TPSA) is 78.5 Å². The monoisotopic (exact) mass is 427 g/mol. The first-order valence-electron chi connectivity index (χ1n) is 8.20. The molecule has 0 radical (unpaired) electrons. The van der Waals surface area contributed by atoms with E-state index in [0.717, 1.165) is 36.6 Å². The first-order chi connectivity index (χ1) is 11.4. The van der Waals surface area contributed by atoms with Crippen LogP contribution in [0.25, 0.3) is 0 Å². The lowest BCUT2D eigenvalue weighted by atomic mass is 10.0. The Morgan fingerprint density at radius 1 is 1.24 bits per heavy atom. The summed E-state index contributed by atoms with van der Waals surface area (Å²) in [6, 6.07) is 3.44. The van der Waals surface area contributed by atoms with Gasteiger partial charge in [0.2, 0.25) is 5.91 Å². The van der Waals surface area contributed by atoms with Gasteiger partial charge in [0.25, 0.3) is 10.0 Å². The van der Waals surface area contributed by atoms with E-state index in [4.69, 9.17) is 11.6 Å². The third-order valence-electron chi connectivity index (χ3n) is 4.47. The van der Waals surface area contributed by atoms with Crippen molar-refractivity contribution in [3.8, 4) is 0 Å². The number of halogens is 2. The maximum absolute atomic E-state index is 12.2. The molecular weight excluding hydrogens is 405 g/mol. The first-order valence-corrected chi connectivity index (χ1v) is 10.9. The Morgan fingerprint density at radius 3 is 2.48 bits per heavy atom. The van der Waals surface area contributed by atoms with Crippen molar-refractivity contribution in [1.82, 2.24) is 14.9 Å². The molecule has 2 N–H and O–H groups in total. The summed E-state index contributed by atoms with van der Waals surface area (Å²) in [7, 11) is -3.67. The van der Waals surface area contributed by atoms with Crippen LogP contribution in [0.4, 0.5) is 0 Å². The maximum atomic E-state index is 12.2. The molecule has 1 amide bonds. The van der Waals surface area contributed by atoms with E-state index in [1.807, 2.05) is 0 Å². The van der Waals surface area contributed by atoms with Gasteiger partial charge in [0.15, 0.2) is 0 Å². The van der Waals surface area contributed by atoms with Crippen LogP contribution >= 0.6 is 35.3 Å². The molecule has 1 saturated carbocycles. The van der Waals surface area contributed by atoms with E-state index >= 15 is 0 Å². The van der Waals surface area contributed by atoms with Gasteiger partial charge in [0, 0.05) is 19.1 Å². The molecular formula is C15H23Cl2N3O3S2. The molecule has 2 fully saturated rings. The minimum absolute atomic E-state index is 0. The van der Waals surface area contributed by atoms with Gasteiger partial charge in [0.1, 0.15) is 4.21 Å². The van der Waals surface area contributed by atoms with Crippen LogP contribution in [0.3, 0.4) is 0 Å². The van der Waals surface area contributed by atoms with Crippen molar-refractivity contribution in [2.75, 3.05) is 26.2 Å². The quantitative estimate of drug-likeness (QED) is 0.697. The summed E-state index contributed by atoms with van der Waals surface area (Å²) < 4.78 is 27.1. The Labute approximate surface area is 163 Å². The number of thiophene rings is 1. The van der Waals surface area contributed by atoms with Crippen molar-refractivity contribution < 1.29 is 13.2 Å². The van der Waals surface area contributed by atoms with Gasteiger partial charge in [-0.3, -0.25) is 4.79 Å². The molecule has 142 valence electrons. The Hall–Kier alpha value is -0.380. The molecule has 1 saturated heterocycles. The highest BCUT2D eigenvalue weighted by atomic mass is 35.5. The van der Waals surface area contributed by atoms with E-state index in [-0.39, 0.29) is 29.1 Å². The van der Waals surface area contributed by atoms with Crippen LogP contribution < -0.4 is 10.0 Å². The van der Waals surface area contributed by atoms with Crippen molar-refractivity contribution in [3.63, 3.8) is 0 Å². The van der Waals surface area contributed by atoms with Crippen molar-refractivity contribution >= 4 is 51.3 Å². The molecule has 0 spiro atoms. The van der Waals surface area contributed by atoms with E-state index < -0.39 is 10.0 Å². The van der Waals surface area contributed by atoms with Crippen molar-refractivity contribution in [1.29, 1.82) is 0 Å². The number of hydrogen-bond acceptors (Lipinski definition) is 5. The van der Waals surface area contributed by atoms with Gasteiger partial charge >= 0.3 is 0 Å². The fourth-order valence-corrected chi connectivity index (χ4v) is 5.27. The number of likely N-dealkylation sites (tertiary alicyclic amines) is 1. The van der Waals surface area contributed by atoms with Gasteiger partial charge in [-0.25, -0.2) is 13.1 Å². The summed E-state index contributed by atoms with van der Waals surface area (Å²) in [5, 5.41) is 3.56. The number of nitrogens with zero attached hydrogens (tertiary/aromatic N) is 1. The number of carbonyl (C=O) groups excluding carboxylic acids is 1. The second-order valence-electron chi connectivity index (χ2n) is 6.39. The Morgan fingerprint density at radius 2 is 1.92 bits per heavy atom. The normalized spacial score (nSPS) is 18.8. The van der Waals surface area contributed by atoms with E-state index in [2.05, 4.69) is 10.0 Å². The van der Waals surface area contributed by atoms with Crippen LogP contribution in [0.2, 0.25) is 4.34 Å². The minimum Gasteiger partial charge on any atom is -0.341 e. The second kappa shape index (κ2) is 9.01. The number of carbonyl (C=O) groups is 1. The molecule has 3 rings (SSSR count). The minimum atomic E-state index is -3.67. The molecule has 0 aromatic carbocycles. The fourth-order valence-electron chi connectivity index (χ4n) is 2.77. The number of hydrogen-bond donors (Lipinski definition) is 2.